The Morgan fingerprint density at radius 2 is 1.81 bits per heavy atom. The van der Waals surface area contributed by atoms with E-state index in [2.05, 4.69) is 59.8 Å². The highest BCUT2D eigenvalue weighted by atomic mass is 16.5. The molecule has 0 spiro atoms. The second-order valence-electron chi connectivity index (χ2n) is 5.37. The standard InChI is InChI=1S/C15H29N5O/c1-6-10-16-13-17-14(20(7-2)8-3)19-15(18-13)21-11-9-12(4)5/h12H,6-11H2,1-5H3,(H,16,17,18,19). The summed E-state index contributed by atoms with van der Waals surface area (Å²) in [5.74, 6) is 1.87. The van der Waals surface area contributed by atoms with E-state index in [0.717, 1.165) is 32.5 Å². The molecule has 1 rings (SSSR count). The normalized spacial score (nSPS) is 10.8. The Bertz CT molecular complexity index is 407. The smallest absolute Gasteiger partial charge is 0.323 e. The van der Waals surface area contributed by atoms with E-state index in [4.69, 9.17) is 4.74 Å². The maximum absolute atomic E-state index is 5.69. The van der Waals surface area contributed by atoms with Crippen LogP contribution in [0.15, 0.2) is 0 Å². The first kappa shape index (κ1) is 17.5. The van der Waals surface area contributed by atoms with Gasteiger partial charge in [-0.2, -0.15) is 15.0 Å². The number of nitrogens with one attached hydrogen (secondary N) is 1. The van der Waals surface area contributed by atoms with Crippen LogP contribution >= 0.6 is 0 Å². The lowest BCUT2D eigenvalue weighted by atomic mass is 10.1. The second-order valence-corrected chi connectivity index (χ2v) is 5.37. The summed E-state index contributed by atoms with van der Waals surface area (Å²) < 4.78 is 5.69. The predicted octanol–water partition coefficient (Wildman–Crippen LogP) is 2.96. The zero-order chi connectivity index (χ0) is 15.7. The van der Waals surface area contributed by atoms with Gasteiger partial charge < -0.3 is 15.0 Å². The topological polar surface area (TPSA) is 63.2 Å². The maximum atomic E-state index is 5.69. The van der Waals surface area contributed by atoms with Crippen LogP contribution in [-0.4, -0.2) is 41.2 Å². The van der Waals surface area contributed by atoms with Crippen molar-refractivity contribution in [3.05, 3.63) is 0 Å². The summed E-state index contributed by atoms with van der Waals surface area (Å²) in [5, 5.41) is 3.21. The first-order chi connectivity index (χ1) is 10.1. The third-order valence-corrected chi connectivity index (χ3v) is 3.11. The van der Waals surface area contributed by atoms with Gasteiger partial charge in [0.15, 0.2) is 0 Å². The van der Waals surface area contributed by atoms with Gasteiger partial charge in [-0.15, -0.1) is 0 Å². The molecule has 0 aliphatic carbocycles. The fourth-order valence-electron chi connectivity index (χ4n) is 1.76. The first-order valence-electron chi connectivity index (χ1n) is 7.98. The van der Waals surface area contributed by atoms with Crippen molar-refractivity contribution < 1.29 is 4.74 Å². The number of aromatic nitrogens is 3. The molecule has 1 heterocycles. The van der Waals surface area contributed by atoms with Gasteiger partial charge in [-0.3, -0.25) is 0 Å². The molecular formula is C15H29N5O. The third-order valence-electron chi connectivity index (χ3n) is 3.11. The van der Waals surface area contributed by atoms with Gasteiger partial charge in [0.1, 0.15) is 0 Å². The van der Waals surface area contributed by atoms with Gasteiger partial charge in [0.25, 0.3) is 0 Å². The molecule has 0 radical (unpaired) electrons. The van der Waals surface area contributed by atoms with Crippen LogP contribution in [-0.2, 0) is 0 Å². The van der Waals surface area contributed by atoms with Gasteiger partial charge in [0.2, 0.25) is 11.9 Å². The molecule has 21 heavy (non-hydrogen) atoms. The molecule has 6 nitrogen and oxygen atoms in total. The zero-order valence-electron chi connectivity index (χ0n) is 14.0. The van der Waals surface area contributed by atoms with Crippen molar-refractivity contribution in [2.45, 2.75) is 47.5 Å². The summed E-state index contributed by atoms with van der Waals surface area (Å²) in [5.41, 5.74) is 0. The lowest BCUT2D eigenvalue weighted by Gasteiger charge is -2.19. The van der Waals surface area contributed by atoms with Gasteiger partial charge in [-0.25, -0.2) is 0 Å². The SMILES string of the molecule is CCCNc1nc(OCCC(C)C)nc(N(CC)CC)n1. The molecule has 0 aliphatic rings. The van der Waals surface area contributed by atoms with E-state index >= 15 is 0 Å². The Hall–Kier alpha value is -1.59. The Kier molecular flexibility index (Phi) is 7.79. The Balaban J connectivity index is 2.86. The number of nitrogens with zero attached hydrogens (tertiary/aromatic N) is 4. The van der Waals surface area contributed by atoms with Gasteiger partial charge in [-0.05, 0) is 32.6 Å². The van der Waals surface area contributed by atoms with Crippen molar-refractivity contribution in [1.29, 1.82) is 0 Å². The van der Waals surface area contributed by atoms with Crippen LogP contribution in [0.2, 0.25) is 0 Å². The fourth-order valence-corrected chi connectivity index (χ4v) is 1.76. The van der Waals surface area contributed by atoms with E-state index in [0.29, 0.717) is 30.4 Å². The minimum absolute atomic E-state index is 0.408. The van der Waals surface area contributed by atoms with Gasteiger partial charge >= 0.3 is 6.01 Å². The summed E-state index contributed by atoms with van der Waals surface area (Å²) in [7, 11) is 0. The monoisotopic (exact) mass is 295 g/mol. The van der Waals surface area contributed by atoms with Gasteiger partial charge in [0.05, 0.1) is 6.61 Å². The van der Waals surface area contributed by atoms with Crippen LogP contribution in [0, 0.1) is 5.92 Å². The van der Waals surface area contributed by atoms with Crippen molar-refractivity contribution in [2.24, 2.45) is 5.92 Å². The molecule has 0 fully saturated rings. The lowest BCUT2D eigenvalue weighted by Crippen LogP contribution is -2.25. The third kappa shape index (κ3) is 6.14. The van der Waals surface area contributed by atoms with E-state index in [9.17, 15) is 0 Å². The van der Waals surface area contributed by atoms with Crippen LogP contribution in [0.25, 0.3) is 0 Å². The van der Waals surface area contributed by atoms with E-state index in [-0.39, 0.29) is 0 Å². The maximum Gasteiger partial charge on any atom is 0.323 e. The summed E-state index contributed by atoms with van der Waals surface area (Å²) in [6.07, 6.45) is 2.01. The van der Waals surface area contributed by atoms with Gasteiger partial charge in [0, 0.05) is 19.6 Å². The van der Waals surface area contributed by atoms with Crippen molar-refractivity contribution in [2.75, 3.05) is 36.5 Å². The van der Waals surface area contributed by atoms with E-state index in [1.807, 2.05) is 0 Å². The molecule has 0 bridgehead atoms. The minimum Gasteiger partial charge on any atom is -0.463 e. The molecule has 0 amide bonds. The van der Waals surface area contributed by atoms with E-state index < -0.39 is 0 Å². The highest BCUT2D eigenvalue weighted by molar-refractivity contribution is 5.38. The minimum atomic E-state index is 0.408. The number of ether oxygens (including phenoxy) is 1. The van der Waals surface area contributed by atoms with Crippen molar-refractivity contribution in [3.8, 4) is 6.01 Å². The van der Waals surface area contributed by atoms with Crippen LogP contribution in [0.5, 0.6) is 6.01 Å². The van der Waals surface area contributed by atoms with E-state index in [1.54, 1.807) is 0 Å². The quantitative estimate of drug-likeness (QED) is 0.716. The highest BCUT2D eigenvalue weighted by Gasteiger charge is 2.12. The predicted molar refractivity (Wildman–Crippen MR) is 87.1 cm³/mol. The van der Waals surface area contributed by atoms with Crippen LogP contribution in [0.1, 0.15) is 47.5 Å². The van der Waals surface area contributed by atoms with Crippen LogP contribution < -0.4 is 15.0 Å². The molecule has 1 aromatic heterocycles. The highest BCUT2D eigenvalue weighted by Crippen LogP contribution is 2.15. The van der Waals surface area contributed by atoms with Crippen LogP contribution in [0.3, 0.4) is 0 Å². The van der Waals surface area contributed by atoms with E-state index in [1.165, 1.54) is 0 Å². The molecular weight excluding hydrogens is 266 g/mol. The number of hydrogen-bond donors (Lipinski definition) is 1. The first-order valence-corrected chi connectivity index (χ1v) is 7.98. The van der Waals surface area contributed by atoms with Crippen molar-refractivity contribution in [1.82, 2.24) is 15.0 Å². The van der Waals surface area contributed by atoms with Gasteiger partial charge in [-0.1, -0.05) is 20.8 Å². The molecule has 0 saturated carbocycles. The number of hydrogen-bond acceptors (Lipinski definition) is 6. The molecule has 0 unspecified atom stereocenters. The summed E-state index contributed by atoms with van der Waals surface area (Å²) in [6, 6.07) is 0.408. The molecule has 1 aromatic rings. The largest absolute Gasteiger partial charge is 0.463 e. The lowest BCUT2D eigenvalue weighted by molar-refractivity contribution is 0.268. The Labute approximate surface area is 128 Å². The Morgan fingerprint density at radius 1 is 1.10 bits per heavy atom. The fraction of sp³-hybridized carbons (Fsp3) is 0.800. The Morgan fingerprint density at radius 3 is 2.38 bits per heavy atom. The summed E-state index contributed by atoms with van der Waals surface area (Å²) >= 11 is 0. The molecule has 1 N–H and O–H groups in total. The van der Waals surface area contributed by atoms with Crippen molar-refractivity contribution >= 4 is 11.9 Å². The second kappa shape index (κ2) is 9.37. The molecule has 120 valence electrons. The molecule has 0 saturated heterocycles. The number of anilines is 2. The average Bonchev–Trinajstić information content (AvgIpc) is 2.46. The number of rotatable bonds is 10. The molecule has 6 heteroatoms. The average molecular weight is 295 g/mol. The molecule has 0 aliphatic heterocycles. The summed E-state index contributed by atoms with van der Waals surface area (Å²) in [4.78, 5) is 15.3. The van der Waals surface area contributed by atoms with Crippen LogP contribution in [0.4, 0.5) is 11.9 Å². The zero-order valence-corrected chi connectivity index (χ0v) is 14.0. The molecule has 0 aromatic carbocycles. The summed E-state index contributed by atoms with van der Waals surface area (Å²) in [6.45, 7) is 13.8. The molecule has 0 atom stereocenters. The van der Waals surface area contributed by atoms with Crippen molar-refractivity contribution in [3.63, 3.8) is 0 Å².